The van der Waals surface area contributed by atoms with E-state index in [1.165, 1.54) is 18.3 Å². The van der Waals surface area contributed by atoms with E-state index in [9.17, 15) is 13.6 Å². The Balaban J connectivity index is 1.32. The lowest BCUT2D eigenvalue weighted by atomic mass is 9.81. The SMILES string of the molecule is Cc1nc(NC2CC(COc3ccc(C(F)F)nc3)C2)nc2c1NC(=O)C(C(C)C)N2C. The molecule has 8 nitrogen and oxygen atoms in total. The molecule has 1 aliphatic heterocycles. The van der Waals surface area contributed by atoms with Gasteiger partial charge >= 0.3 is 0 Å². The molecule has 0 radical (unpaired) electrons. The summed E-state index contributed by atoms with van der Waals surface area (Å²) < 4.78 is 30.8. The van der Waals surface area contributed by atoms with Crippen LogP contribution in [0.3, 0.4) is 0 Å². The second-order valence-corrected chi connectivity index (χ2v) is 8.83. The van der Waals surface area contributed by atoms with Crippen molar-refractivity contribution in [1.29, 1.82) is 0 Å². The summed E-state index contributed by atoms with van der Waals surface area (Å²) >= 11 is 0. The number of aromatic nitrogens is 3. The van der Waals surface area contributed by atoms with Crippen molar-refractivity contribution < 1.29 is 18.3 Å². The Kier molecular flexibility index (Phi) is 6.12. The highest BCUT2D eigenvalue weighted by molar-refractivity contribution is 6.03. The first-order chi connectivity index (χ1) is 15.2. The van der Waals surface area contributed by atoms with Crippen LogP contribution in [0.15, 0.2) is 18.3 Å². The number of hydrogen-bond acceptors (Lipinski definition) is 7. The number of carbonyl (C=O) groups excluding carboxylic acids is 1. The molecule has 1 fully saturated rings. The molecule has 32 heavy (non-hydrogen) atoms. The van der Waals surface area contributed by atoms with E-state index in [-0.39, 0.29) is 29.6 Å². The standard InChI is InChI=1S/C22H28F2N6O2/c1-11(2)18-21(31)28-17-12(3)26-22(29-20(17)30(18)4)27-14-7-13(8-14)10-32-15-5-6-16(19(23)24)25-9-15/h5-6,9,11,13-14,18-19H,7-8,10H2,1-4H3,(H,28,31)(H,26,27,29). The summed E-state index contributed by atoms with van der Waals surface area (Å²) in [5.74, 6) is 2.22. The molecule has 172 valence electrons. The van der Waals surface area contributed by atoms with Gasteiger partial charge in [0.2, 0.25) is 11.9 Å². The Labute approximate surface area is 185 Å². The summed E-state index contributed by atoms with van der Waals surface area (Å²) in [5.41, 5.74) is 1.13. The summed E-state index contributed by atoms with van der Waals surface area (Å²) in [6.45, 7) is 6.39. The Morgan fingerprint density at radius 3 is 2.66 bits per heavy atom. The van der Waals surface area contributed by atoms with Gasteiger partial charge in [0.15, 0.2) is 5.82 Å². The highest BCUT2D eigenvalue weighted by Gasteiger charge is 2.36. The normalized spacial score (nSPS) is 22.4. The second-order valence-electron chi connectivity index (χ2n) is 8.83. The number of aryl methyl sites for hydroxylation is 1. The number of amides is 1. The smallest absolute Gasteiger partial charge is 0.280 e. The van der Waals surface area contributed by atoms with Crippen molar-refractivity contribution in [3.05, 3.63) is 29.7 Å². The fourth-order valence-corrected chi connectivity index (χ4v) is 4.27. The summed E-state index contributed by atoms with van der Waals surface area (Å²) in [6, 6.07) is 2.75. The molecule has 0 aromatic carbocycles. The highest BCUT2D eigenvalue weighted by atomic mass is 19.3. The van der Waals surface area contributed by atoms with Gasteiger partial charge < -0.3 is 20.3 Å². The monoisotopic (exact) mass is 446 g/mol. The average molecular weight is 447 g/mol. The summed E-state index contributed by atoms with van der Waals surface area (Å²) in [5, 5.41) is 6.33. The summed E-state index contributed by atoms with van der Waals surface area (Å²) in [7, 11) is 1.89. The largest absolute Gasteiger partial charge is 0.492 e. The molecule has 1 unspecified atom stereocenters. The van der Waals surface area contributed by atoms with E-state index in [4.69, 9.17) is 4.74 Å². The molecule has 1 aliphatic carbocycles. The van der Waals surface area contributed by atoms with Gasteiger partial charge in [0.25, 0.3) is 6.43 Å². The molecule has 2 aliphatic rings. The Morgan fingerprint density at radius 2 is 2.03 bits per heavy atom. The number of rotatable bonds is 7. The van der Waals surface area contributed by atoms with Crippen LogP contribution >= 0.6 is 0 Å². The number of halogens is 2. The van der Waals surface area contributed by atoms with Gasteiger partial charge in [0.05, 0.1) is 18.5 Å². The van der Waals surface area contributed by atoms with Crippen molar-refractivity contribution in [3.63, 3.8) is 0 Å². The minimum atomic E-state index is -2.58. The Morgan fingerprint density at radius 1 is 1.28 bits per heavy atom. The number of anilines is 3. The third kappa shape index (κ3) is 4.44. The van der Waals surface area contributed by atoms with Gasteiger partial charge in [-0.3, -0.25) is 9.78 Å². The van der Waals surface area contributed by atoms with Crippen LogP contribution in [0.1, 0.15) is 44.5 Å². The molecular formula is C22H28F2N6O2. The van der Waals surface area contributed by atoms with Crippen LogP contribution in [0.25, 0.3) is 0 Å². The number of fused-ring (bicyclic) bond motifs is 1. The number of likely N-dealkylation sites (N-methyl/N-ethyl adjacent to an activating group) is 1. The van der Waals surface area contributed by atoms with E-state index in [2.05, 4.69) is 25.6 Å². The van der Waals surface area contributed by atoms with Crippen molar-refractivity contribution in [2.24, 2.45) is 11.8 Å². The maximum Gasteiger partial charge on any atom is 0.280 e. The first kappa shape index (κ1) is 22.2. The van der Waals surface area contributed by atoms with E-state index >= 15 is 0 Å². The number of nitrogens with one attached hydrogen (secondary N) is 2. The number of carbonyl (C=O) groups is 1. The van der Waals surface area contributed by atoms with E-state index in [1.807, 2.05) is 32.7 Å². The minimum Gasteiger partial charge on any atom is -0.492 e. The molecule has 2 aromatic rings. The highest BCUT2D eigenvalue weighted by Crippen LogP contribution is 2.36. The maximum absolute atomic E-state index is 12.6. The lowest BCUT2D eigenvalue weighted by Gasteiger charge is -2.38. The first-order valence-electron chi connectivity index (χ1n) is 10.8. The third-order valence-electron chi connectivity index (χ3n) is 6.01. The van der Waals surface area contributed by atoms with Crippen molar-refractivity contribution in [2.75, 3.05) is 29.2 Å². The number of nitrogens with zero attached hydrogens (tertiary/aromatic N) is 4. The van der Waals surface area contributed by atoms with E-state index in [1.54, 1.807) is 0 Å². The molecule has 0 spiro atoms. The van der Waals surface area contributed by atoms with Crippen molar-refractivity contribution in [1.82, 2.24) is 15.0 Å². The molecule has 0 bridgehead atoms. The topological polar surface area (TPSA) is 92.3 Å². The molecule has 0 saturated heterocycles. The predicted molar refractivity (Wildman–Crippen MR) is 117 cm³/mol. The molecule has 3 heterocycles. The Hall–Kier alpha value is -3.04. The van der Waals surface area contributed by atoms with E-state index in [0.29, 0.717) is 29.9 Å². The van der Waals surface area contributed by atoms with Crippen molar-refractivity contribution >= 4 is 23.4 Å². The zero-order valence-corrected chi connectivity index (χ0v) is 18.6. The number of ether oxygens (including phenoxy) is 1. The van der Waals surface area contributed by atoms with Gasteiger partial charge in [-0.25, -0.2) is 13.8 Å². The van der Waals surface area contributed by atoms with Crippen LogP contribution in [-0.4, -0.2) is 46.6 Å². The molecule has 10 heteroatoms. The minimum absolute atomic E-state index is 0.0386. The molecule has 4 rings (SSSR count). The number of hydrogen-bond donors (Lipinski definition) is 2. The Bertz CT molecular complexity index is 979. The molecule has 1 saturated carbocycles. The summed E-state index contributed by atoms with van der Waals surface area (Å²) in [6.07, 6.45) is 0.537. The van der Waals surface area contributed by atoms with Gasteiger partial charge in [-0.05, 0) is 43.7 Å². The molecule has 2 aromatic heterocycles. The maximum atomic E-state index is 12.6. The zero-order chi connectivity index (χ0) is 23.0. The van der Waals surface area contributed by atoms with Gasteiger partial charge in [-0.15, -0.1) is 0 Å². The lowest BCUT2D eigenvalue weighted by Crippen LogP contribution is -2.50. The van der Waals surface area contributed by atoms with E-state index < -0.39 is 6.43 Å². The molecule has 1 amide bonds. The first-order valence-corrected chi connectivity index (χ1v) is 10.8. The van der Waals surface area contributed by atoms with Crippen molar-refractivity contribution in [2.45, 2.75) is 52.1 Å². The van der Waals surface area contributed by atoms with E-state index in [0.717, 1.165) is 24.4 Å². The van der Waals surface area contributed by atoms with Crippen LogP contribution in [0.4, 0.5) is 26.2 Å². The van der Waals surface area contributed by atoms with Gasteiger partial charge in [-0.2, -0.15) is 4.98 Å². The fraction of sp³-hybridized carbons (Fsp3) is 0.545. The number of pyridine rings is 1. The van der Waals surface area contributed by atoms with Gasteiger partial charge in [0, 0.05) is 13.1 Å². The van der Waals surface area contributed by atoms with Crippen LogP contribution in [0.5, 0.6) is 5.75 Å². The summed E-state index contributed by atoms with van der Waals surface area (Å²) in [4.78, 5) is 27.3. The van der Waals surface area contributed by atoms with Gasteiger partial charge in [-0.1, -0.05) is 13.8 Å². The predicted octanol–water partition coefficient (Wildman–Crippen LogP) is 3.80. The molecule has 2 N–H and O–H groups in total. The average Bonchev–Trinajstić information content (AvgIpc) is 2.70. The quantitative estimate of drug-likeness (QED) is 0.668. The van der Waals surface area contributed by atoms with Crippen LogP contribution in [0.2, 0.25) is 0 Å². The van der Waals surface area contributed by atoms with Crippen LogP contribution < -0.4 is 20.3 Å². The molecular weight excluding hydrogens is 418 g/mol. The fourth-order valence-electron chi connectivity index (χ4n) is 4.27. The zero-order valence-electron chi connectivity index (χ0n) is 18.6. The van der Waals surface area contributed by atoms with Gasteiger partial charge in [0.1, 0.15) is 23.2 Å². The van der Waals surface area contributed by atoms with Crippen LogP contribution in [0, 0.1) is 18.8 Å². The second kappa shape index (κ2) is 8.84. The van der Waals surface area contributed by atoms with Crippen LogP contribution in [-0.2, 0) is 4.79 Å². The van der Waals surface area contributed by atoms with Crippen molar-refractivity contribution in [3.8, 4) is 5.75 Å². The lowest BCUT2D eigenvalue weighted by molar-refractivity contribution is -0.118. The third-order valence-corrected chi connectivity index (χ3v) is 6.01. The number of alkyl halides is 2. The molecule has 1 atom stereocenters.